The molecule has 0 aromatic carbocycles. The van der Waals surface area contributed by atoms with Crippen molar-refractivity contribution >= 4 is 40.8 Å². The van der Waals surface area contributed by atoms with Gasteiger partial charge in [-0.25, -0.2) is 14.3 Å². The summed E-state index contributed by atoms with van der Waals surface area (Å²) in [5, 5.41) is 32.4. The molecule has 2 amide bonds. The number of rotatable bonds is 7. The molecule has 3 N–H and O–H groups in total. The third-order valence-corrected chi connectivity index (χ3v) is 5.09. The molecular formula is C19H21ClN6O6. The Morgan fingerprint density at radius 3 is 2.47 bits per heavy atom. The first-order chi connectivity index (χ1) is 15.2. The first-order valence-corrected chi connectivity index (χ1v) is 9.86. The maximum absolute atomic E-state index is 11.4. The molecule has 0 spiro atoms. The minimum atomic E-state index is -1.78. The van der Waals surface area contributed by atoms with Crippen molar-refractivity contribution in [3.63, 3.8) is 0 Å². The van der Waals surface area contributed by atoms with Crippen LogP contribution in [0.3, 0.4) is 0 Å². The molecule has 3 heterocycles. The molecule has 0 radical (unpaired) electrons. The molecule has 0 aliphatic carbocycles. The Hall–Kier alpha value is -3.51. The fraction of sp³-hybridized carbons (Fsp3) is 0.368. The summed E-state index contributed by atoms with van der Waals surface area (Å²) in [6.07, 6.45) is -1.14. The molecule has 3 aromatic rings. The van der Waals surface area contributed by atoms with Gasteiger partial charge in [0.25, 0.3) is 0 Å². The van der Waals surface area contributed by atoms with Crippen LogP contribution in [0.25, 0.3) is 11.0 Å². The molecule has 3 aromatic heterocycles. The predicted molar refractivity (Wildman–Crippen MR) is 114 cm³/mol. The number of halogens is 1. The first kappa shape index (κ1) is 23.2. The summed E-state index contributed by atoms with van der Waals surface area (Å²) in [6, 6.07) is 0. The number of hydrogen-bond donors (Lipinski definition) is 3. The fourth-order valence-electron chi connectivity index (χ4n) is 3.35. The van der Waals surface area contributed by atoms with Crippen LogP contribution in [0, 0.1) is 13.8 Å². The van der Waals surface area contributed by atoms with Gasteiger partial charge in [0.1, 0.15) is 10.9 Å². The number of aryl methyl sites for hydroxylation is 2. The van der Waals surface area contributed by atoms with Crippen LogP contribution in [0.4, 0.5) is 15.5 Å². The van der Waals surface area contributed by atoms with E-state index in [0.717, 1.165) is 11.1 Å². The van der Waals surface area contributed by atoms with Crippen LogP contribution in [-0.2, 0) is 13.0 Å². The molecule has 0 aliphatic heterocycles. The average molecular weight is 465 g/mol. The van der Waals surface area contributed by atoms with Crippen molar-refractivity contribution in [2.45, 2.75) is 33.2 Å². The Labute approximate surface area is 187 Å². The van der Waals surface area contributed by atoms with Crippen molar-refractivity contribution in [3.05, 3.63) is 33.9 Å². The van der Waals surface area contributed by atoms with Gasteiger partial charge in [0.2, 0.25) is 5.95 Å². The van der Waals surface area contributed by atoms with Gasteiger partial charge in [-0.2, -0.15) is 15.1 Å². The summed E-state index contributed by atoms with van der Waals surface area (Å²) in [5.74, 6) is 0.0479. The summed E-state index contributed by atoms with van der Waals surface area (Å²) < 4.78 is 6.89. The second-order valence-electron chi connectivity index (χ2n) is 6.89. The van der Waals surface area contributed by atoms with E-state index in [9.17, 15) is 24.9 Å². The highest BCUT2D eigenvalue weighted by atomic mass is 35.5. The zero-order valence-electron chi connectivity index (χ0n) is 17.5. The van der Waals surface area contributed by atoms with Gasteiger partial charge in [0, 0.05) is 23.9 Å². The Kier molecular flexibility index (Phi) is 6.75. The molecule has 3 rings (SSSR count). The number of amides is 2. The van der Waals surface area contributed by atoms with E-state index in [0.29, 0.717) is 35.4 Å². The summed E-state index contributed by atoms with van der Waals surface area (Å²) >= 11 is 6.30. The monoisotopic (exact) mass is 464 g/mol. The van der Waals surface area contributed by atoms with Crippen molar-refractivity contribution in [3.8, 4) is 5.75 Å². The van der Waals surface area contributed by atoms with Gasteiger partial charge in [-0.15, -0.1) is 4.90 Å². The van der Waals surface area contributed by atoms with Gasteiger partial charge in [-0.1, -0.05) is 11.6 Å². The minimum Gasteiger partial charge on any atom is -0.496 e. The Balaban J connectivity index is 2.21. The number of hydrogen-bond acceptors (Lipinski definition) is 8. The second kappa shape index (κ2) is 9.32. The SMILES string of the molecule is COc1c(C)cnc(Cn2nc(CCCO)c3c(Cl)nc(N(C(=O)O)C(=O)O)nc32)c1C. The number of aliphatic hydroxyl groups excluding tert-OH is 1. The standard InChI is InChI=1S/C19H21ClN6O6/c1-9-7-21-12(10(2)14(9)32-3)8-25-16-13(11(24-25)5-4-6-27)15(20)22-17(23-16)26(18(28)29)19(30)31/h7,27H,4-6,8H2,1-3H3,(H,28,29)(H,30,31). The maximum atomic E-state index is 11.4. The van der Waals surface area contributed by atoms with E-state index in [-0.39, 0.29) is 28.9 Å². The number of methoxy groups -OCH3 is 1. The van der Waals surface area contributed by atoms with Gasteiger partial charge < -0.3 is 20.1 Å². The molecule has 0 fully saturated rings. The highest BCUT2D eigenvalue weighted by molar-refractivity contribution is 6.34. The summed E-state index contributed by atoms with van der Waals surface area (Å²) in [5.41, 5.74) is 2.89. The highest BCUT2D eigenvalue weighted by Crippen LogP contribution is 2.30. The number of carbonyl (C=O) groups is 2. The predicted octanol–water partition coefficient (Wildman–Crippen LogP) is 2.64. The highest BCUT2D eigenvalue weighted by Gasteiger charge is 2.28. The Morgan fingerprint density at radius 1 is 1.19 bits per heavy atom. The van der Waals surface area contributed by atoms with Gasteiger partial charge in [-0.05, 0) is 26.7 Å². The first-order valence-electron chi connectivity index (χ1n) is 9.48. The van der Waals surface area contributed by atoms with Crippen LogP contribution in [0.15, 0.2) is 6.20 Å². The molecule has 0 aliphatic rings. The van der Waals surface area contributed by atoms with E-state index in [1.54, 1.807) is 13.3 Å². The fourth-order valence-corrected chi connectivity index (χ4v) is 3.62. The molecular weight excluding hydrogens is 444 g/mol. The van der Waals surface area contributed by atoms with Gasteiger partial charge in [0.05, 0.1) is 30.4 Å². The molecule has 0 atom stereocenters. The van der Waals surface area contributed by atoms with Crippen LogP contribution in [0.1, 0.15) is 28.9 Å². The number of imide groups is 1. The molecule has 13 heteroatoms. The molecule has 170 valence electrons. The van der Waals surface area contributed by atoms with E-state index >= 15 is 0 Å². The number of anilines is 1. The normalized spacial score (nSPS) is 11.0. The Bertz CT molecular complexity index is 1180. The van der Waals surface area contributed by atoms with Crippen LogP contribution in [0.2, 0.25) is 5.15 Å². The number of aliphatic hydroxyl groups is 1. The van der Waals surface area contributed by atoms with E-state index in [2.05, 4.69) is 20.1 Å². The number of ether oxygens (including phenoxy) is 1. The zero-order chi connectivity index (χ0) is 23.6. The quantitative estimate of drug-likeness (QED) is 0.442. The lowest BCUT2D eigenvalue weighted by molar-refractivity contribution is 0.183. The van der Waals surface area contributed by atoms with Crippen LogP contribution in [0.5, 0.6) is 5.75 Å². The average Bonchev–Trinajstić information content (AvgIpc) is 3.06. The third-order valence-electron chi connectivity index (χ3n) is 4.81. The maximum Gasteiger partial charge on any atom is 0.424 e. The molecule has 12 nitrogen and oxygen atoms in total. The van der Waals surface area contributed by atoms with Crippen molar-refractivity contribution in [2.75, 3.05) is 18.6 Å². The van der Waals surface area contributed by atoms with Gasteiger partial charge >= 0.3 is 12.2 Å². The minimum absolute atomic E-state index is 0.0333. The van der Waals surface area contributed by atoms with Crippen LogP contribution < -0.4 is 9.64 Å². The lowest BCUT2D eigenvalue weighted by Gasteiger charge is -2.13. The second-order valence-corrected chi connectivity index (χ2v) is 7.25. The van der Waals surface area contributed by atoms with E-state index < -0.39 is 18.1 Å². The molecule has 32 heavy (non-hydrogen) atoms. The van der Waals surface area contributed by atoms with Crippen LogP contribution >= 0.6 is 11.6 Å². The smallest absolute Gasteiger partial charge is 0.424 e. The number of fused-ring (bicyclic) bond motifs is 1. The number of aromatic nitrogens is 5. The number of carboxylic acid groups (broad SMARTS) is 2. The topological polar surface area (TPSA) is 164 Å². The summed E-state index contributed by atoms with van der Waals surface area (Å²) in [4.78, 5) is 35.2. The van der Waals surface area contributed by atoms with Crippen molar-refractivity contribution in [1.29, 1.82) is 0 Å². The third kappa shape index (κ3) is 4.27. The van der Waals surface area contributed by atoms with Crippen molar-refractivity contribution < 1.29 is 29.6 Å². The van der Waals surface area contributed by atoms with Crippen molar-refractivity contribution in [1.82, 2.24) is 24.7 Å². The lowest BCUT2D eigenvalue weighted by atomic mass is 10.1. The molecule has 0 unspecified atom stereocenters. The number of nitrogens with zero attached hydrogens (tertiary/aromatic N) is 6. The van der Waals surface area contributed by atoms with Gasteiger partial charge in [-0.3, -0.25) is 4.98 Å². The number of pyridine rings is 1. The van der Waals surface area contributed by atoms with Gasteiger partial charge in [0.15, 0.2) is 5.65 Å². The van der Waals surface area contributed by atoms with E-state index in [1.807, 2.05) is 13.8 Å². The van der Waals surface area contributed by atoms with E-state index in [4.69, 9.17) is 16.3 Å². The Morgan fingerprint density at radius 2 is 1.88 bits per heavy atom. The van der Waals surface area contributed by atoms with E-state index in [1.165, 1.54) is 4.68 Å². The largest absolute Gasteiger partial charge is 0.496 e. The van der Waals surface area contributed by atoms with Crippen LogP contribution in [-0.4, -0.2) is 66.0 Å². The zero-order valence-corrected chi connectivity index (χ0v) is 18.3. The summed E-state index contributed by atoms with van der Waals surface area (Å²) in [7, 11) is 1.56. The molecule has 0 saturated carbocycles. The lowest BCUT2D eigenvalue weighted by Crippen LogP contribution is -2.36. The molecule has 0 saturated heterocycles. The van der Waals surface area contributed by atoms with Crippen molar-refractivity contribution in [2.24, 2.45) is 0 Å². The summed E-state index contributed by atoms with van der Waals surface area (Å²) in [6.45, 7) is 3.76. The molecule has 0 bridgehead atoms.